The van der Waals surface area contributed by atoms with Crippen molar-refractivity contribution in [1.29, 1.82) is 0 Å². The van der Waals surface area contributed by atoms with Gasteiger partial charge < -0.3 is 5.32 Å². The molecule has 0 saturated heterocycles. The molecule has 2 amide bonds. The van der Waals surface area contributed by atoms with Gasteiger partial charge in [-0.1, -0.05) is 42.3 Å². The van der Waals surface area contributed by atoms with Gasteiger partial charge in [0.15, 0.2) is 5.65 Å². The van der Waals surface area contributed by atoms with Gasteiger partial charge in [-0.05, 0) is 41.8 Å². The first-order valence-corrected chi connectivity index (χ1v) is 9.86. The number of carbonyl (C=O) groups excluding carboxylic acids is 1. The molecule has 3 heterocycles. The molecule has 1 aliphatic rings. The van der Waals surface area contributed by atoms with Crippen LogP contribution in [0.4, 0.5) is 10.5 Å². The number of benzene rings is 2. The minimum atomic E-state index is -0.279. The number of imidazole rings is 1. The number of hydrogen-bond acceptors (Lipinski definition) is 4. The Bertz CT molecular complexity index is 1340. The summed E-state index contributed by atoms with van der Waals surface area (Å²) in [5, 5.41) is 12.9. The number of nitrogens with zero attached hydrogens (tertiary/aromatic N) is 5. The van der Waals surface area contributed by atoms with Gasteiger partial charge in [-0.3, -0.25) is 0 Å². The van der Waals surface area contributed by atoms with Gasteiger partial charge in [0.1, 0.15) is 5.69 Å². The summed E-state index contributed by atoms with van der Waals surface area (Å²) in [6.07, 6.45) is 5.84. The molecule has 1 aliphatic heterocycles. The van der Waals surface area contributed by atoms with Crippen molar-refractivity contribution in [3.63, 3.8) is 0 Å². The van der Waals surface area contributed by atoms with Gasteiger partial charge in [-0.2, -0.15) is 10.2 Å². The van der Waals surface area contributed by atoms with Crippen molar-refractivity contribution in [2.24, 2.45) is 5.10 Å². The lowest BCUT2D eigenvalue weighted by Crippen LogP contribution is -2.31. The molecule has 158 valence electrons. The van der Waals surface area contributed by atoms with Crippen LogP contribution < -0.4 is 5.32 Å². The predicted molar refractivity (Wildman–Crippen MR) is 126 cm³/mol. The van der Waals surface area contributed by atoms with Crippen LogP contribution in [-0.2, 0) is 0 Å². The van der Waals surface area contributed by atoms with Gasteiger partial charge in [0.2, 0.25) is 0 Å². The van der Waals surface area contributed by atoms with Gasteiger partial charge in [0.25, 0.3) is 0 Å². The Morgan fingerprint density at radius 2 is 1.91 bits per heavy atom. The molecule has 0 aliphatic carbocycles. The molecule has 1 unspecified atom stereocenters. The summed E-state index contributed by atoms with van der Waals surface area (Å²) in [7, 11) is 0. The first kappa shape index (κ1) is 21.1. The average molecular weight is 443 g/mol. The average Bonchev–Trinajstić information content (AvgIpc) is 3.46. The van der Waals surface area contributed by atoms with Crippen LogP contribution in [0.3, 0.4) is 0 Å². The molecule has 0 radical (unpaired) electrons. The first-order valence-electron chi connectivity index (χ1n) is 9.86. The van der Waals surface area contributed by atoms with Crippen LogP contribution in [0.1, 0.15) is 29.3 Å². The molecule has 0 spiro atoms. The summed E-state index contributed by atoms with van der Waals surface area (Å²) >= 11 is 0. The highest BCUT2D eigenvalue weighted by molar-refractivity contribution is 5.91. The normalized spacial score (nSPS) is 14.5. The van der Waals surface area contributed by atoms with Crippen molar-refractivity contribution in [3.8, 4) is 11.8 Å². The van der Waals surface area contributed by atoms with E-state index in [9.17, 15) is 4.79 Å². The van der Waals surface area contributed by atoms with Crippen molar-refractivity contribution < 1.29 is 4.79 Å². The Morgan fingerprint density at radius 1 is 1.03 bits per heavy atom. The molecular formula is C24H19ClN6O. The number of urea groups is 1. The van der Waals surface area contributed by atoms with Crippen LogP contribution in [0, 0.1) is 11.8 Å². The smallest absolute Gasteiger partial charge is 0.306 e. The quantitative estimate of drug-likeness (QED) is 0.464. The van der Waals surface area contributed by atoms with E-state index in [4.69, 9.17) is 0 Å². The van der Waals surface area contributed by atoms with Gasteiger partial charge in [-0.15, -0.1) is 12.4 Å². The number of hydrogen-bond donors (Lipinski definition) is 1. The fourth-order valence-corrected chi connectivity index (χ4v) is 3.47. The summed E-state index contributed by atoms with van der Waals surface area (Å²) in [4.78, 5) is 17.1. The van der Waals surface area contributed by atoms with Crippen LogP contribution in [-0.4, -0.2) is 31.9 Å². The zero-order valence-corrected chi connectivity index (χ0v) is 17.7. The first-order chi connectivity index (χ1) is 15.3. The third kappa shape index (κ3) is 4.31. The number of halogens is 1. The van der Waals surface area contributed by atoms with Gasteiger partial charge in [0.05, 0.1) is 12.2 Å². The number of hydrazone groups is 1. The molecule has 2 aromatic carbocycles. The molecule has 32 heavy (non-hydrogen) atoms. The summed E-state index contributed by atoms with van der Waals surface area (Å²) in [5.74, 6) is 6.20. The molecule has 4 aromatic rings. The minimum Gasteiger partial charge on any atom is -0.306 e. The molecule has 1 atom stereocenters. The number of nitrogens with one attached hydrogen (secondary N) is 1. The zero-order valence-electron chi connectivity index (χ0n) is 16.9. The van der Waals surface area contributed by atoms with E-state index in [1.165, 1.54) is 5.01 Å². The third-order valence-corrected chi connectivity index (χ3v) is 4.95. The largest absolute Gasteiger partial charge is 0.342 e. The van der Waals surface area contributed by atoms with E-state index in [0.717, 1.165) is 16.8 Å². The lowest BCUT2D eigenvalue weighted by molar-refractivity contribution is 0.200. The van der Waals surface area contributed by atoms with Crippen molar-refractivity contribution in [2.75, 3.05) is 5.32 Å². The van der Waals surface area contributed by atoms with Crippen molar-refractivity contribution >= 4 is 36.0 Å². The van der Waals surface area contributed by atoms with Crippen LogP contribution in [0.5, 0.6) is 0 Å². The fourth-order valence-electron chi connectivity index (χ4n) is 3.47. The molecule has 2 aromatic heterocycles. The fraction of sp³-hybridized carbons (Fsp3) is 0.0833. The van der Waals surface area contributed by atoms with Crippen LogP contribution >= 0.6 is 12.4 Å². The van der Waals surface area contributed by atoms with Crippen LogP contribution in [0.2, 0.25) is 0 Å². The highest BCUT2D eigenvalue weighted by Crippen LogP contribution is 2.28. The standard InChI is InChI=1S/C24H18N6O.ClH/c31-24(30-22(13-15-27-30)19-7-2-1-3-8-19)28-20-9-4-6-18(16-20)11-12-21-17-25-23-10-5-14-26-29(21)23;/h1-10,14-17,22H,13H2,(H,28,31);1H. The monoisotopic (exact) mass is 442 g/mol. The molecule has 7 nitrogen and oxygen atoms in total. The van der Waals surface area contributed by atoms with Gasteiger partial charge in [0, 0.05) is 30.1 Å². The van der Waals surface area contributed by atoms with Crippen molar-refractivity contribution in [3.05, 3.63) is 95.9 Å². The molecule has 5 rings (SSSR count). The topological polar surface area (TPSA) is 74.9 Å². The number of carbonyl (C=O) groups is 1. The van der Waals surface area contributed by atoms with Gasteiger partial charge in [-0.25, -0.2) is 19.3 Å². The number of fused-ring (bicyclic) bond motifs is 1. The highest BCUT2D eigenvalue weighted by atomic mass is 35.5. The van der Waals surface area contributed by atoms with E-state index >= 15 is 0 Å². The van der Waals surface area contributed by atoms with E-state index in [1.807, 2.05) is 66.7 Å². The number of amides is 2. The maximum Gasteiger partial charge on any atom is 0.342 e. The number of rotatable bonds is 2. The SMILES string of the molecule is Cl.O=C(Nc1cccc(C#Cc2cnc3cccnn23)c1)N1N=CCC1c1ccccc1. The highest BCUT2D eigenvalue weighted by Gasteiger charge is 2.28. The zero-order chi connectivity index (χ0) is 21.0. The Hall–Kier alpha value is -4.15. The maximum atomic E-state index is 12.8. The third-order valence-electron chi connectivity index (χ3n) is 4.95. The molecule has 8 heteroatoms. The molecule has 1 N–H and O–H groups in total. The van der Waals surface area contributed by atoms with Gasteiger partial charge >= 0.3 is 6.03 Å². The molecule has 0 bridgehead atoms. The molecule has 0 saturated carbocycles. The molecule has 0 fully saturated rings. The van der Waals surface area contributed by atoms with E-state index in [-0.39, 0.29) is 24.5 Å². The Labute approximate surface area is 191 Å². The van der Waals surface area contributed by atoms with E-state index in [2.05, 4.69) is 32.3 Å². The second kappa shape index (κ2) is 9.33. The van der Waals surface area contributed by atoms with Crippen LogP contribution in [0.15, 0.2) is 84.2 Å². The summed E-state index contributed by atoms with van der Waals surface area (Å²) in [6, 6.07) is 20.6. The molecular weight excluding hydrogens is 424 g/mol. The predicted octanol–water partition coefficient (Wildman–Crippen LogP) is 4.52. The van der Waals surface area contributed by atoms with E-state index < -0.39 is 0 Å². The summed E-state index contributed by atoms with van der Waals surface area (Å²) in [5.41, 5.74) is 3.92. The van der Waals surface area contributed by atoms with E-state index in [1.54, 1.807) is 23.1 Å². The summed E-state index contributed by atoms with van der Waals surface area (Å²) in [6.45, 7) is 0. The number of anilines is 1. The maximum absolute atomic E-state index is 12.8. The lowest BCUT2D eigenvalue weighted by Gasteiger charge is -2.22. The van der Waals surface area contributed by atoms with E-state index in [0.29, 0.717) is 17.8 Å². The number of aromatic nitrogens is 3. The minimum absolute atomic E-state index is 0. The lowest BCUT2D eigenvalue weighted by atomic mass is 10.1. The Morgan fingerprint density at radius 3 is 2.78 bits per heavy atom. The Balaban J connectivity index is 0.00000245. The van der Waals surface area contributed by atoms with Crippen molar-refractivity contribution in [2.45, 2.75) is 12.5 Å². The Kier molecular flexibility index (Phi) is 6.15. The van der Waals surface area contributed by atoms with Crippen LogP contribution in [0.25, 0.3) is 5.65 Å². The second-order valence-electron chi connectivity index (χ2n) is 7.00. The van der Waals surface area contributed by atoms with Crippen molar-refractivity contribution in [1.82, 2.24) is 19.6 Å². The summed E-state index contributed by atoms with van der Waals surface area (Å²) < 4.78 is 1.69. The second-order valence-corrected chi connectivity index (χ2v) is 7.00.